The molecule has 3 aliphatic heterocycles. The highest BCUT2D eigenvalue weighted by Gasteiger charge is 2.34. The van der Waals surface area contributed by atoms with E-state index >= 15 is 0 Å². The molecule has 3 heterocycles. The number of hydrogen-bond donors (Lipinski definition) is 2. The van der Waals surface area contributed by atoms with Crippen LogP contribution in [0.2, 0.25) is 0 Å². The van der Waals surface area contributed by atoms with Crippen LogP contribution in [-0.2, 0) is 4.79 Å². The van der Waals surface area contributed by atoms with Gasteiger partial charge in [0.15, 0.2) is 0 Å². The first-order valence-corrected chi connectivity index (χ1v) is 8.97. The molecule has 136 valence electrons. The Kier molecular flexibility index (Phi) is 9.20. The number of halogens is 2. The average molecular weight is 366 g/mol. The Hall–Kier alpha value is -0.0300. The highest BCUT2D eigenvalue weighted by atomic mass is 35.5. The lowest BCUT2D eigenvalue weighted by molar-refractivity contribution is -0.122. The molecule has 3 unspecified atom stereocenters. The highest BCUT2D eigenvalue weighted by Crippen LogP contribution is 2.32. The smallest absolute Gasteiger partial charge is 0.220 e. The molecule has 23 heavy (non-hydrogen) atoms. The van der Waals surface area contributed by atoms with Gasteiger partial charge in [-0.25, -0.2) is 0 Å². The van der Waals surface area contributed by atoms with E-state index in [2.05, 4.69) is 22.5 Å². The number of hydrogen-bond acceptors (Lipinski definition) is 3. The van der Waals surface area contributed by atoms with Gasteiger partial charge in [-0.05, 0) is 57.9 Å². The average Bonchev–Trinajstić information content (AvgIpc) is 2.80. The molecule has 3 atom stereocenters. The number of carbonyl (C=O) groups excluding carboxylic acids is 1. The molecule has 0 radical (unpaired) electrons. The maximum Gasteiger partial charge on any atom is 0.220 e. The maximum atomic E-state index is 12.1. The van der Waals surface area contributed by atoms with Crippen molar-refractivity contribution in [2.24, 2.45) is 5.92 Å². The summed E-state index contributed by atoms with van der Waals surface area (Å²) >= 11 is 0. The summed E-state index contributed by atoms with van der Waals surface area (Å²) in [6.07, 6.45) is 9.76. The Labute approximate surface area is 153 Å². The van der Waals surface area contributed by atoms with Gasteiger partial charge in [0.2, 0.25) is 5.91 Å². The maximum absolute atomic E-state index is 12.1. The van der Waals surface area contributed by atoms with Crippen molar-refractivity contribution in [3.8, 4) is 0 Å². The molecule has 3 fully saturated rings. The predicted molar refractivity (Wildman–Crippen MR) is 99.7 cm³/mol. The minimum atomic E-state index is 0. The van der Waals surface area contributed by atoms with Gasteiger partial charge in [0.25, 0.3) is 0 Å². The molecule has 3 rings (SSSR count). The topological polar surface area (TPSA) is 44.4 Å². The van der Waals surface area contributed by atoms with E-state index in [4.69, 9.17) is 0 Å². The van der Waals surface area contributed by atoms with Gasteiger partial charge in [0, 0.05) is 37.6 Å². The van der Waals surface area contributed by atoms with Crippen LogP contribution in [0.25, 0.3) is 0 Å². The zero-order valence-corrected chi connectivity index (χ0v) is 15.9. The molecule has 0 aromatic heterocycles. The van der Waals surface area contributed by atoms with Gasteiger partial charge in [-0.3, -0.25) is 9.69 Å². The van der Waals surface area contributed by atoms with E-state index in [1.165, 1.54) is 51.5 Å². The van der Waals surface area contributed by atoms with Crippen LogP contribution in [-0.4, -0.2) is 48.6 Å². The van der Waals surface area contributed by atoms with Crippen LogP contribution in [0.4, 0.5) is 0 Å². The van der Waals surface area contributed by atoms with Crippen LogP contribution >= 0.6 is 24.8 Å². The SMILES string of the molecule is CC1CCCCN1CCNC(=O)CC1CC2CCC(C1)N2.Cl.Cl. The Bertz CT molecular complexity index is 358. The fourth-order valence-corrected chi connectivity index (χ4v) is 4.50. The molecule has 3 aliphatic rings. The Morgan fingerprint density at radius 1 is 1.13 bits per heavy atom. The van der Waals surface area contributed by atoms with Crippen molar-refractivity contribution in [2.45, 2.75) is 76.4 Å². The summed E-state index contributed by atoms with van der Waals surface area (Å²) in [6, 6.07) is 2.07. The second-order valence-corrected chi connectivity index (χ2v) is 7.41. The van der Waals surface area contributed by atoms with Crippen LogP contribution in [0.3, 0.4) is 0 Å². The fraction of sp³-hybridized carbons (Fsp3) is 0.941. The van der Waals surface area contributed by atoms with E-state index in [9.17, 15) is 4.79 Å². The van der Waals surface area contributed by atoms with E-state index in [-0.39, 0.29) is 30.7 Å². The zero-order valence-electron chi connectivity index (χ0n) is 14.3. The van der Waals surface area contributed by atoms with Gasteiger partial charge in [-0.15, -0.1) is 24.8 Å². The Morgan fingerprint density at radius 2 is 1.83 bits per heavy atom. The molecule has 6 heteroatoms. The third-order valence-corrected chi connectivity index (χ3v) is 5.71. The monoisotopic (exact) mass is 365 g/mol. The van der Waals surface area contributed by atoms with E-state index in [1.807, 2.05) is 0 Å². The second-order valence-electron chi connectivity index (χ2n) is 7.41. The standard InChI is InChI=1S/C17H31N3O.2ClH/c1-13-4-2-3-8-20(13)9-7-18-17(21)12-14-10-15-5-6-16(11-14)19-15;;/h13-16,19H,2-12H2,1H3,(H,18,21);2*1H. The van der Waals surface area contributed by atoms with Crippen LogP contribution in [0.15, 0.2) is 0 Å². The van der Waals surface area contributed by atoms with Crippen LogP contribution in [0.1, 0.15) is 58.3 Å². The van der Waals surface area contributed by atoms with Gasteiger partial charge >= 0.3 is 0 Å². The van der Waals surface area contributed by atoms with Gasteiger partial charge in [-0.2, -0.15) is 0 Å². The summed E-state index contributed by atoms with van der Waals surface area (Å²) in [5.41, 5.74) is 0. The minimum absolute atomic E-state index is 0. The third kappa shape index (κ3) is 6.08. The van der Waals surface area contributed by atoms with Crippen LogP contribution < -0.4 is 10.6 Å². The number of likely N-dealkylation sites (tertiary alicyclic amines) is 1. The molecule has 0 saturated carbocycles. The molecule has 2 N–H and O–H groups in total. The van der Waals surface area contributed by atoms with Crippen LogP contribution in [0, 0.1) is 5.92 Å². The largest absolute Gasteiger partial charge is 0.355 e. The molecule has 4 nitrogen and oxygen atoms in total. The van der Waals surface area contributed by atoms with Gasteiger partial charge < -0.3 is 10.6 Å². The number of amides is 1. The van der Waals surface area contributed by atoms with Crippen molar-refractivity contribution in [3.63, 3.8) is 0 Å². The van der Waals surface area contributed by atoms with Crippen molar-refractivity contribution in [1.29, 1.82) is 0 Å². The van der Waals surface area contributed by atoms with Crippen molar-refractivity contribution in [1.82, 2.24) is 15.5 Å². The van der Waals surface area contributed by atoms with Crippen molar-refractivity contribution < 1.29 is 4.79 Å². The zero-order chi connectivity index (χ0) is 14.7. The Morgan fingerprint density at radius 3 is 2.48 bits per heavy atom. The van der Waals surface area contributed by atoms with Gasteiger partial charge in [0.1, 0.15) is 0 Å². The summed E-state index contributed by atoms with van der Waals surface area (Å²) in [4.78, 5) is 14.6. The minimum Gasteiger partial charge on any atom is -0.355 e. The molecule has 0 aliphatic carbocycles. The molecular weight excluding hydrogens is 333 g/mol. The lowest BCUT2D eigenvalue weighted by atomic mass is 9.89. The Balaban J connectivity index is 0.00000132. The first-order valence-electron chi connectivity index (χ1n) is 8.97. The summed E-state index contributed by atoms with van der Waals surface area (Å²) in [5, 5.41) is 6.79. The van der Waals surface area contributed by atoms with E-state index < -0.39 is 0 Å². The summed E-state index contributed by atoms with van der Waals surface area (Å²) in [5.74, 6) is 0.878. The number of rotatable bonds is 5. The first-order chi connectivity index (χ1) is 10.2. The van der Waals surface area contributed by atoms with Gasteiger partial charge in [-0.1, -0.05) is 6.42 Å². The normalized spacial score (nSPS) is 33.4. The molecule has 0 spiro atoms. The first kappa shape index (κ1) is 21.0. The molecule has 1 amide bonds. The van der Waals surface area contributed by atoms with Crippen molar-refractivity contribution in [3.05, 3.63) is 0 Å². The fourth-order valence-electron chi connectivity index (χ4n) is 4.50. The molecular formula is C17H33Cl2N3O. The lowest BCUT2D eigenvalue weighted by Gasteiger charge is -2.33. The number of piperidine rings is 2. The number of nitrogens with one attached hydrogen (secondary N) is 2. The molecule has 3 saturated heterocycles. The third-order valence-electron chi connectivity index (χ3n) is 5.71. The van der Waals surface area contributed by atoms with Crippen LogP contribution in [0.5, 0.6) is 0 Å². The highest BCUT2D eigenvalue weighted by molar-refractivity contribution is 5.85. The van der Waals surface area contributed by atoms with Gasteiger partial charge in [0.05, 0.1) is 0 Å². The second kappa shape index (κ2) is 10.1. The van der Waals surface area contributed by atoms with E-state index in [1.54, 1.807) is 0 Å². The lowest BCUT2D eigenvalue weighted by Crippen LogP contribution is -2.43. The molecule has 0 aromatic carbocycles. The number of fused-ring (bicyclic) bond motifs is 2. The molecule has 2 bridgehead atoms. The van der Waals surface area contributed by atoms with Crippen molar-refractivity contribution >= 4 is 30.7 Å². The number of carbonyl (C=O) groups is 1. The van der Waals surface area contributed by atoms with E-state index in [0.717, 1.165) is 19.5 Å². The predicted octanol–water partition coefficient (Wildman–Crippen LogP) is 2.74. The quantitative estimate of drug-likeness (QED) is 0.787. The van der Waals surface area contributed by atoms with Crippen molar-refractivity contribution in [2.75, 3.05) is 19.6 Å². The van der Waals surface area contributed by atoms with E-state index in [0.29, 0.717) is 24.0 Å². The summed E-state index contributed by atoms with van der Waals surface area (Å²) in [7, 11) is 0. The summed E-state index contributed by atoms with van der Waals surface area (Å²) < 4.78 is 0. The summed E-state index contributed by atoms with van der Waals surface area (Å²) in [6.45, 7) is 5.35. The number of nitrogens with zero attached hydrogens (tertiary/aromatic N) is 1. The molecule has 0 aromatic rings.